The van der Waals surface area contributed by atoms with Crippen molar-refractivity contribution in [2.24, 2.45) is 5.10 Å². The maximum Gasteiger partial charge on any atom is 0.313 e. The van der Waals surface area contributed by atoms with Gasteiger partial charge >= 0.3 is 5.69 Å². The van der Waals surface area contributed by atoms with E-state index in [1.54, 1.807) is 12.1 Å². The molecule has 0 saturated carbocycles. The van der Waals surface area contributed by atoms with E-state index in [4.69, 9.17) is 16.3 Å². The molecule has 0 aliphatic heterocycles. The first-order chi connectivity index (χ1) is 18.4. The van der Waals surface area contributed by atoms with Crippen LogP contribution >= 0.6 is 27.5 Å². The minimum atomic E-state index is -0.555. The van der Waals surface area contributed by atoms with Gasteiger partial charge in [-0.3, -0.25) is 14.9 Å². The molecule has 38 heavy (non-hydrogen) atoms. The smallest absolute Gasteiger partial charge is 0.313 e. The lowest BCUT2D eigenvalue weighted by Crippen LogP contribution is -2.22. The van der Waals surface area contributed by atoms with Crippen LogP contribution in [0.25, 0.3) is 21.7 Å². The third kappa shape index (κ3) is 5.03. The predicted molar refractivity (Wildman–Crippen MR) is 152 cm³/mol. The summed E-state index contributed by atoms with van der Waals surface area (Å²) in [6.07, 6.45) is 1.78. The van der Waals surface area contributed by atoms with Gasteiger partial charge in [0.05, 0.1) is 22.0 Å². The molecule has 0 atom stereocenters. The van der Waals surface area contributed by atoms with Crippen LogP contribution in [0.1, 0.15) is 23.9 Å². The fourth-order valence-corrected chi connectivity index (χ4v) is 4.80. The molecule has 0 aliphatic carbocycles. The van der Waals surface area contributed by atoms with Gasteiger partial charge in [0.25, 0.3) is 5.56 Å². The SMILES string of the molecule is CCc1nc2ccc(Br)cc2c(=O)n1N=Cc1cc(Cl)cc([N+](=O)[O-])c1OCc1cccc2ccccc12. The minimum Gasteiger partial charge on any atom is -0.481 e. The molecule has 0 spiro atoms. The van der Waals surface area contributed by atoms with E-state index < -0.39 is 4.92 Å². The Morgan fingerprint density at radius 1 is 1.11 bits per heavy atom. The van der Waals surface area contributed by atoms with Gasteiger partial charge < -0.3 is 4.74 Å². The zero-order chi connectivity index (χ0) is 26.8. The van der Waals surface area contributed by atoms with E-state index in [2.05, 4.69) is 26.0 Å². The first kappa shape index (κ1) is 25.6. The van der Waals surface area contributed by atoms with E-state index in [9.17, 15) is 14.9 Å². The Kier molecular flexibility index (Phi) is 7.22. The summed E-state index contributed by atoms with van der Waals surface area (Å²) in [5.41, 5.74) is 1.01. The number of hydrogen-bond donors (Lipinski definition) is 0. The number of aryl methyl sites for hydroxylation is 1. The second-order valence-electron chi connectivity index (χ2n) is 8.43. The summed E-state index contributed by atoms with van der Waals surface area (Å²) in [4.78, 5) is 29.2. The van der Waals surface area contributed by atoms with E-state index in [1.807, 2.05) is 55.5 Å². The minimum absolute atomic E-state index is 0.00123. The molecule has 8 nitrogen and oxygen atoms in total. The molecule has 4 aromatic carbocycles. The number of nitrogens with zero attached hydrogens (tertiary/aromatic N) is 4. The van der Waals surface area contributed by atoms with Gasteiger partial charge in [-0.15, -0.1) is 0 Å². The van der Waals surface area contributed by atoms with Crippen LogP contribution in [0.5, 0.6) is 5.75 Å². The fraction of sp³-hybridized carbons (Fsp3) is 0.107. The summed E-state index contributed by atoms with van der Waals surface area (Å²) < 4.78 is 7.96. The number of hydrogen-bond acceptors (Lipinski definition) is 6. The van der Waals surface area contributed by atoms with E-state index in [-0.39, 0.29) is 34.2 Å². The average molecular weight is 592 g/mol. The average Bonchev–Trinajstić information content (AvgIpc) is 2.91. The lowest BCUT2D eigenvalue weighted by Gasteiger charge is -2.12. The highest BCUT2D eigenvalue weighted by molar-refractivity contribution is 9.10. The molecular formula is C28H20BrClN4O4. The van der Waals surface area contributed by atoms with E-state index in [0.717, 1.165) is 20.8 Å². The number of nitro groups is 1. The normalized spacial score (nSPS) is 11.4. The third-order valence-electron chi connectivity index (χ3n) is 6.02. The first-order valence-electron chi connectivity index (χ1n) is 11.7. The molecular weight excluding hydrogens is 572 g/mol. The molecule has 5 aromatic rings. The van der Waals surface area contributed by atoms with Crippen LogP contribution in [0, 0.1) is 10.1 Å². The van der Waals surface area contributed by atoms with E-state index in [1.165, 1.54) is 23.0 Å². The Balaban J connectivity index is 1.59. The second-order valence-corrected chi connectivity index (χ2v) is 9.78. The van der Waals surface area contributed by atoms with Gasteiger partial charge in [0.2, 0.25) is 5.75 Å². The van der Waals surface area contributed by atoms with Crippen molar-refractivity contribution < 1.29 is 9.66 Å². The molecule has 0 radical (unpaired) electrons. The van der Waals surface area contributed by atoms with Crippen molar-refractivity contribution in [1.82, 2.24) is 9.66 Å². The lowest BCUT2D eigenvalue weighted by atomic mass is 10.1. The number of benzene rings is 4. The van der Waals surface area contributed by atoms with Crippen LogP contribution in [0.2, 0.25) is 5.02 Å². The van der Waals surface area contributed by atoms with Crippen molar-refractivity contribution in [3.05, 3.63) is 120 Å². The molecule has 5 rings (SSSR count). The van der Waals surface area contributed by atoms with Crippen LogP contribution in [-0.4, -0.2) is 20.8 Å². The predicted octanol–water partition coefficient (Wildman–Crippen LogP) is 6.90. The summed E-state index contributed by atoms with van der Waals surface area (Å²) in [6.45, 7) is 1.94. The summed E-state index contributed by atoms with van der Waals surface area (Å²) >= 11 is 9.60. The highest BCUT2D eigenvalue weighted by Gasteiger charge is 2.21. The molecule has 0 N–H and O–H groups in total. The Labute approximate surface area is 230 Å². The Hall–Kier alpha value is -4.08. The van der Waals surface area contributed by atoms with Gasteiger partial charge in [-0.2, -0.15) is 9.78 Å². The van der Waals surface area contributed by atoms with Crippen LogP contribution in [0.4, 0.5) is 5.69 Å². The maximum absolute atomic E-state index is 13.3. The van der Waals surface area contributed by atoms with Crippen molar-refractivity contribution in [3.63, 3.8) is 0 Å². The molecule has 0 bridgehead atoms. The van der Waals surface area contributed by atoms with Gasteiger partial charge in [0.15, 0.2) is 0 Å². The number of aromatic nitrogens is 2. The van der Waals surface area contributed by atoms with Gasteiger partial charge in [-0.05, 0) is 40.6 Å². The first-order valence-corrected chi connectivity index (χ1v) is 12.9. The topological polar surface area (TPSA) is 99.6 Å². The van der Waals surface area contributed by atoms with Crippen molar-refractivity contribution in [1.29, 1.82) is 0 Å². The van der Waals surface area contributed by atoms with Gasteiger partial charge in [0, 0.05) is 27.5 Å². The van der Waals surface area contributed by atoms with E-state index >= 15 is 0 Å². The maximum atomic E-state index is 13.3. The quantitative estimate of drug-likeness (QED) is 0.116. The molecule has 0 unspecified atom stereocenters. The van der Waals surface area contributed by atoms with Gasteiger partial charge in [-0.25, -0.2) is 4.98 Å². The third-order valence-corrected chi connectivity index (χ3v) is 6.73. The Morgan fingerprint density at radius 2 is 1.89 bits per heavy atom. The summed E-state index contributed by atoms with van der Waals surface area (Å²) in [5.74, 6) is 0.439. The summed E-state index contributed by atoms with van der Waals surface area (Å²) in [7, 11) is 0. The van der Waals surface area contributed by atoms with Crippen LogP contribution in [0.15, 0.2) is 87.2 Å². The number of nitro benzene ring substituents is 1. The van der Waals surface area contributed by atoms with Gasteiger partial charge in [-0.1, -0.05) is 76.9 Å². The zero-order valence-electron chi connectivity index (χ0n) is 20.1. The Morgan fingerprint density at radius 3 is 2.68 bits per heavy atom. The molecule has 0 saturated heterocycles. The molecule has 1 heterocycles. The highest BCUT2D eigenvalue weighted by Crippen LogP contribution is 2.35. The fourth-order valence-electron chi connectivity index (χ4n) is 4.22. The molecule has 0 amide bonds. The van der Waals surface area contributed by atoms with E-state index in [0.29, 0.717) is 23.1 Å². The number of ether oxygens (including phenoxy) is 1. The summed E-state index contributed by atoms with van der Waals surface area (Å²) in [5, 5.41) is 18.8. The molecule has 1 aromatic heterocycles. The standard InChI is InChI=1S/C28H20BrClN4O4/c1-2-26-32-24-11-10-20(29)13-23(24)28(35)33(26)31-15-19-12-21(30)14-25(34(36)37)27(19)38-16-18-8-5-7-17-6-3-4-9-22(17)18/h3-15H,2,16H2,1H3. The van der Waals surface area contributed by atoms with Crippen molar-refractivity contribution >= 4 is 61.1 Å². The molecule has 190 valence electrons. The van der Waals surface area contributed by atoms with Crippen molar-refractivity contribution in [2.75, 3.05) is 0 Å². The lowest BCUT2D eigenvalue weighted by molar-refractivity contribution is -0.385. The van der Waals surface area contributed by atoms with Gasteiger partial charge in [0.1, 0.15) is 12.4 Å². The summed E-state index contributed by atoms with van der Waals surface area (Å²) in [6, 6.07) is 21.6. The molecule has 10 heteroatoms. The number of fused-ring (bicyclic) bond motifs is 2. The number of rotatable bonds is 7. The van der Waals surface area contributed by atoms with Crippen molar-refractivity contribution in [3.8, 4) is 5.75 Å². The molecule has 0 fully saturated rings. The van der Waals surface area contributed by atoms with Crippen LogP contribution < -0.4 is 10.3 Å². The zero-order valence-corrected chi connectivity index (χ0v) is 22.4. The Bertz CT molecular complexity index is 1800. The second kappa shape index (κ2) is 10.7. The monoisotopic (exact) mass is 590 g/mol. The van der Waals surface area contributed by atoms with Crippen molar-refractivity contribution in [2.45, 2.75) is 20.0 Å². The number of halogens is 2. The van der Waals surface area contributed by atoms with Crippen LogP contribution in [-0.2, 0) is 13.0 Å². The largest absolute Gasteiger partial charge is 0.481 e. The highest BCUT2D eigenvalue weighted by atomic mass is 79.9. The molecule has 0 aliphatic rings. The van der Waals surface area contributed by atoms with Crippen LogP contribution in [0.3, 0.4) is 0 Å².